The lowest BCUT2D eigenvalue weighted by Gasteiger charge is -2.69. The number of pyridine rings is 1. The van der Waals surface area contributed by atoms with Crippen LogP contribution in [-0.4, -0.2) is 50.6 Å². The number of rotatable bonds is 10. The standard InChI is InChI=1S/C24H25F3N4O4S/c1-36(32,33)30-23-11-22(12-23,13-23)15-34-19-4-2-17(3-5-19)31(14-24(25,26)27)18-8-16(9-28)21(29-10-18)35-20-6-7-20/h2-5,8,10,20,30H,6-7,11-15H2,1H3. The summed E-state index contributed by atoms with van der Waals surface area (Å²) < 4.78 is 77.3. The summed E-state index contributed by atoms with van der Waals surface area (Å²) in [6, 6.07) is 9.54. The predicted molar refractivity (Wildman–Crippen MR) is 125 cm³/mol. The normalized spacial score (nSPS) is 24.8. The third-order valence-corrected chi connectivity index (χ3v) is 7.45. The number of anilines is 2. The maximum Gasteiger partial charge on any atom is 0.406 e. The van der Waals surface area contributed by atoms with E-state index in [1.165, 1.54) is 24.4 Å². The minimum atomic E-state index is -4.49. The van der Waals surface area contributed by atoms with Gasteiger partial charge in [0.15, 0.2) is 0 Å². The zero-order valence-corrected chi connectivity index (χ0v) is 20.3. The molecule has 8 nitrogen and oxygen atoms in total. The van der Waals surface area contributed by atoms with Gasteiger partial charge in [-0.1, -0.05) is 0 Å². The van der Waals surface area contributed by atoms with E-state index < -0.39 is 22.7 Å². The first-order valence-corrected chi connectivity index (χ1v) is 13.4. The van der Waals surface area contributed by atoms with Crippen LogP contribution in [0.3, 0.4) is 0 Å². The van der Waals surface area contributed by atoms with Gasteiger partial charge in [-0.25, -0.2) is 18.1 Å². The highest BCUT2D eigenvalue weighted by molar-refractivity contribution is 7.88. The highest BCUT2D eigenvalue weighted by Gasteiger charge is 2.69. The van der Waals surface area contributed by atoms with Crippen LogP contribution in [0.2, 0.25) is 0 Å². The third-order valence-electron chi connectivity index (χ3n) is 6.64. The molecule has 4 aliphatic rings. The van der Waals surface area contributed by atoms with Gasteiger partial charge >= 0.3 is 6.18 Å². The Hall–Kier alpha value is -3.04. The molecule has 4 fully saturated rings. The van der Waals surface area contributed by atoms with Gasteiger partial charge in [-0.3, -0.25) is 0 Å². The molecular formula is C24H25F3N4O4S. The second-order valence-electron chi connectivity index (χ2n) is 10.1. The summed E-state index contributed by atoms with van der Waals surface area (Å²) in [5.74, 6) is 0.631. The van der Waals surface area contributed by atoms with Gasteiger partial charge < -0.3 is 14.4 Å². The topological polar surface area (TPSA) is 105 Å². The number of nitrogens with one attached hydrogen (secondary N) is 1. The number of nitrogens with zero attached hydrogens (tertiary/aromatic N) is 3. The summed E-state index contributed by atoms with van der Waals surface area (Å²) in [5.41, 5.74) is 0.0473. The molecule has 1 N–H and O–H groups in total. The molecule has 6 rings (SSSR count). The van der Waals surface area contributed by atoms with E-state index in [4.69, 9.17) is 9.47 Å². The zero-order chi connectivity index (χ0) is 25.8. The molecule has 0 aliphatic heterocycles. The fourth-order valence-corrected chi connectivity index (χ4v) is 6.23. The van der Waals surface area contributed by atoms with Gasteiger partial charge in [0, 0.05) is 16.6 Å². The van der Waals surface area contributed by atoms with Gasteiger partial charge in [-0.05, 0) is 62.4 Å². The molecule has 0 unspecified atom stereocenters. The summed E-state index contributed by atoms with van der Waals surface area (Å²) in [4.78, 5) is 5.15. The number of hydrogen-bond donors (Lipinski definition) is 1. The van der Waals surface area contributed by atoms with E-state index in [0.29, 0.717) is 31.6 Å². The van der Waals surface area contributed by atoms with Crippen LogP contribution in [0.4, 0.5) is 24.5 Å². The van der Waals surface area contributed by atoms with Crippen molar-refractivity contribution in [1.82, 2.24) is 9.71 Å². The van der Waals surface area contributed by atoms with Crippen LogP contribution in [0.1, 0.15) is 37.7 Å². The minimum absolute atomic E-state index is 0.000973. The van der Waals surface area contributed by atoms with Gasteiger partial charge in [0.1, 0.15) is 30.0 Å². The van der Waals surface area contributed by atoms with E-state index in [1.807, 2.05) is 6.07 Å². The zero-order valence-electron chi connectivity index (χ0n) is 19.5. The Bertz CT molecular complexity index is 1280. The second-order valence-corrected chi connectivity index (χ2v) is 11.9. The van der Waals surface area contributed by atoms with Crippen LogP contribution in [0.5, 0.6) is 11.6 Å². The highest BCUT2D eigenvalue weighted by Crippen LogP contribution is 2.67. The number of benzene rings is 1. The molecule has 0 amide bonds. The van der Waals surface area contributed by atoms with E-state index in [9.17, 15) is 26.9 Å². The number of aromatic nitrogens is 1. The lowest BCUT2D eigenvalue weighted by molar-refractivity contribution is -0.162. The number of hydrogen-bond acceptors (Lipinski definition) is 7. The molecule has 0 radical (unpaired) electrons. The molecule has 4 saturated carbocycles. The molecule has 4 aliphatic carbocycles. The Kier molecular flexibility index (Phi) is 5.83. The predicted octanol–water partition coefficient (Wildman–Crippen LogP) is 4.05. The van der Waals surface area contributed by atoms with Gasteiger partial charge in [0.2, 0.25) is 15.9 Å². The number of ether oxygens (including phenoxy) is 2. The van der Waals surface area contributed by atoms with Gasteiger partial charge in [0.05, 0.1) is 24.7 Å². The Morgan fingerprint density at radius 1 is 1.19 bits per heavy atom. The molecule has 1 heterocycles. The van der Waals surface area contributed by atoms with E-state index >= 15 is 0 Å². The molecule has 12 heteroatoms. The van der Waals surface area contributed by atoms with Crippen molar-refractivity contribution in [1.29, 1.82) is 5.26 Å². The SMILES string of the molecule is CS(=O)(=O)NC12CC(COc3ccc(N(CC(F)(F)F)c4cnc(OC5CC5)c(C#N)c4)cc3)(C1)C2. The van der Waals surface area contributed by atoms with Gasteiger partial charge in [-0.15, -0.1) is 0 Å². The van der Waals surface area contributed by atoms with Crippen molar-refractivity contribution in [3.63, 3.8) is 0 Å². The van der Waals surface area contributed by atoms with Crippen molar-refractivity contribution in [3.05, 3.63) is 42.1 Å². The van der Waals surface area contributed by atoms with E-state index in [-0.39, 0.29) is 39.9 Å². The van der Waals surface area contributed by atoms with Crippen molar-refractivity contribution in [2.24, 2.45) is 5.41 Å². The highest BCUT2D eigenvalue weighted by atomic mass is 32.2. The summed E-state index contributed by atoms with van der Waals surface area (Å²) in [5, 5.41) is 9.46. The fraction of sp³-hybridized carbons (Fsp3) is 0.500. The van der Waals surface area contributed by atoms with E-state index in [1.54, 1.807) is 12.1 Å². The average molecular weight is 523 g/mol. The lowest BCUT2D eigenvalue weighted by Crippen LogP contribution is -2.76. The monoisotopic (exact) mass is 522 g/mol. The third kappa shape index (κ3) is 5.37. The van der Waals surface area contributed by atoms with Gasteiger partial charge in [0.25, 0.3) is 0 Å². The van der Waals surface area contributed by atoms with Crippen molar-refractivity contribution in [2.45, 2.75) is 49.9 Å². The Labute approximate surface area is 207 Å². The van der Waals surface area contributed by atoms with Crippen LogP contribution in [0, 0.1) is 16.7 Å². The molecule has 192 valence electrons. The van der Waals surface area contributed by atoms with Crippen molar-refractivity contribution < 1.29 is 31.1 Å². The summed E-state index contributed by atoms with van der Waals surface area (Å²) in [6.07, 6.45) is 1.78. The lowest BCUT2D eigenvalue weighted by atomic mass is 9.40. The first-order chi connectivity index (χ1) is 16.9. The molecule has 0 saturated heterocycles. The number of alkyl halides is 3. The van der Waals surface area contributed by atoms with Crippen LogP contribution in [-0.2, 0) is 10.0 Å². The molecule has 2 aromatic rings. The molecule has 0 spiro atoms. The van der Waals surface area contributed by atoms with Crippen molar-refractivity contribution >= 4 is 21.4 Å². The Balaban J connectivity index is 1.27. The largest absolute Gasteiger partial charge is 0.493 e. The number of nitriles is 1. The molecule has 0 atom stereocenters. The van der Waals surface area contributed by atoms with Crippen LogP contribution < -0.4 is 19.1 Å². The second kappa shape index (κ2) is 8.52. The summed E-state index contributed by atoms with van der Waals surface area (Å²) in [7, 11) is -3.26. The van der Waals surface area contributed by atoms with Crippen LogP contribution in [0.15, 0.2) is 36.5 Å². The van der Waals surface area contributed by atoms with Crippen molar-refractivity contribution in [3.8, 4) is 17.7 Å². The maximum atomic E-state index is 13.4. The van der Waals surface area contributed by atoms with E-state index in [2.05, 4.69) is 9.71 Å². The van der Waals surface area contributed by atoms with Crippen LogP contribution in [0.25, 0.3) is 0 Å². The molecule has 36 heavy (non-hydrogen) atoms. The first-order valence-electron chi connectivity index (χ1n) is 11.5. The number of sulfonamides is 1. The van der Waals surface area contributed by atoms with Crippen molar-refractivity contribution in [2.75, 3.05) is 24.3 Å². The Morgan fingerprint density at radius 2 is 1.86 bits per heavy atom. The first kappa shape index (κ1) is 24.6. The molecule has 1 aromatic heterocycles. The Morgan fingerprint density at radius 3 is 2.42 bits per heavy atom. The summed E-state index contributed by atoms with van der Waals surface area (Å²) in [6.45, 7) is -0.856. The molecule has 2 bridgehead atoms. The number of halogens is 3. The fourth-order valence-electron chi connectivity index (χ4n) is 5.23. The van der Waals surface area contributed by atoms with Gasteiger partial charge in [-0.2, -0.15) is 18.4 Å². The minimum Gasteiger partial charge on any atom is -0.493 e. The molecule has 1 aromatic carbocycles. The summed E-state index contributed by atoms with van der Waals surface area (Å²) >= 11 is 0. The maximum absolute atomic E-state index is 13.4. The van der Waals surface area contributed by atoms with Crippen LogP contribution >= 0.6 is 0 Å². The molecular weight excluding hydrogens is 497 g/mol. The quantitative estimate of drug-likeness (QED) is 0.502. The smallest absolute Gasteiger partial charge is 0.406 e. The van der Waals surface area contributed by atoms with E-state index in [0.717, 1.165) is 24.0 Å². The average Bonchev–Trinajstić information content (AvgIpc) is 3.56.